The van der Waals surface area contributed by atoms with Crippen molar-refractivity contribution in [1.29, 1.82) is 0 Å². The first-order valence-electron chi connectivity index (χ1n) is 7.64. The summed E-state index contributed by atoms with van der Waals surface area (Å²) in [6.45, 7) is 5.22. The second kappa shape index (κ2) is 5.87. The molecule has 19 heavy (non-hydrogen) atoms. The monoisotopic (exact) mass is 260 g/mol. The number of hydrogen-bond acceptors (Lipinski definition) is 4. The molecule has 2 saturated carbocycles. The van der Waals surface area contributed by atoms with Crippen LogP contribution in [-0.2, 0) is 6.54 Å². The van der Waals surface area contributed by atoms with Gasteiger partial charge in [0.05, 0.1) is 11.9 Å². The Morgan fingerprint density at radius 3 is 2.74 bits per heavy atom. The molecule has 1 N–H and O–H groups in total. The molecule has 0 unspecified atom stereocenters. The molecule has 2 fully saturated rings. The first kappa shape index (κ1) is 12.9. The van der Waals surface area contributed by atoms with Gasteiger partial charge in [-0.3, -0.25) is 4.98 Å². The lowest BCUT2D eigenvalue weighted by Crippen LogP contribution is -2.33. The smallest absolute Gasteiger partial charge is 0.147 e. The minimum atomic E-state index is 0.725. The summed E-state index contributed by atoms with van der Waals surface area (Å²) in [5.41, 5.74) is 1.07. The quantitative estimate of drug-likeness (QED) is 0.817. The molecule has 2 aliphatic rings. The van der Waals surface area contributed by atoms with Crippen molar-refractivity contribution in [1.82, 2.24) is 15.3 Å². The molecule has 4 nitrogen and oxygen atoms in total. The minimum absolute atomic E-state index is 0.725. The number of aromatic nitrogens is 2. The van der Waals surface area contributed by atoms with E-state index < -0.39 is 0 Å². The van der Waals surface area contributed by atoms with Crippen LogP contribution in [0.5, 0.6) is 0 Å². The second-order valence-electron chi connectivity index (χ2n) is 5.86. The highest BCUT2D eigenvalue weighted by atomic mass is 15.2. The Morgan fingerprint density at radius 1 is 1.26 bits per heavy atom. The fourth-order valence-electron chi connectivity index (χ4n) is 2.54. The summed E-state index contributed by atoms with van der Waals surface area (Å²) >= 11 is 0. The van der Waals surface area contributed by atoms with Crippen molar-refractivity contribution in [3.8, 4) is 0 Å². The molecule has 1 aromatic heterocycles. The predicted molar refractivity (Wildman–Crippen MR) is 77.1 cm³/mol. The normalized spacial score (nSPS) is 19.2. The van der Waals surface area contributed by atoms with Crippen LogP contribution in [0.25, 0.3) is 0 Å². The molecule has 1 heterocycles. The lowest BCUT2D eigenvalue weighted by molar-refractivity contribution is 0.318. The number of anilines is 1. The van der Waals surface area contributed by atoms with Gasteiger partial charge < -0.3 is 10.2 Å². The largest absolute Gasteiger partial charge is 0.355 e. The van der Waals surface area contributed by atoms with Gasteiger partial charge in [0, 0.05) is 31.9 Å². The second-order valence-corrected chi connectivity index (χ2v) is 5.86. The van der Waals surface area contributed by atoms with E-state index in [1.54, 1.807) is 0 Å². The third-order valence-electron chi connectivity index (χ3n) is 4.23. The van der Waals surface area contributed by atoms with Gasteiger partial charge >= 0.3 is 0 Å². The van der Waals surface area contributed by atoms with Crippen molar-refractivity contribution in [2.45, 2.75) is 51.6 Å². The van der Waals surface area contributed by atoms with Gasteiger partial charge in [0.2, 0.25) is 0 Å². The van der Waals surface area contributed by atoms with Crippen LogP contribution in [0.4, 0.5) is 5.82 Å². The van der Waals surface area contributed by atoms with Crippen molar-refractivity contribution < 1.29 is 0 Å². The van der Waals surface area contributed by atoms with E-state index in [4.69, 9.17) is 4.98 Å². The van der Waals surface area contributed by atoms with Gasteiger partial charge in [-0.15, -0.1) is 0 Å². The van der Waals surface area contributed by atoms with E-state index in [2.05, 4.69) is 22.1 Å². The molecule has 104 valence electrons. The van der Waals surface area contributed by atoms with E-state index in [1.165, 1.54) is 32.1 Å². The fraction of sp³-hybridized carbons (Fsp3) is 0.733. The first-order valence-corrected chi connectivity index (χ1v) is 7.64. The van der Waals surface area contributed by atoms with E-state index in [-0.39, 0.29) is 0 Å². The zero-order valence-corrected chi connectivity index (χ0v) is 11.8. The van der Waals surface area contributed by atoms with Crippen LogP contribution in [0.15, 0.2) is 12.4 Å². The van der Waals surface area contributed by atoms with Crippen LogP contribution >= 0.6 is 0 Å². The third-order valence-corrected chi connectivity index (χ3v) is 4.23. The summed E-state index contributed by atoms with van der Waals surface area (Å²) < 4.78 is 0. The third kappa shape index (κ3) is 3.44. The standard InChI is InChI=1S/C15H24N4/c1-2-19(11-12-4-3-5-12)15-10-16-8-14(18-15)9-17-13-6-7-13/h8,10,12-13,17H,2-7,9,11H2,1H3. The van der Waals surface area contributed by atoms with E-state index in [9.17, 15) is 0 Å². The van der Waals surface area contributed by atoms with Crippen LogP contribution in [0.2, 0.25) is 0 Å². The zero-order chi connectivity index (χ0) is 13.1. The van der Waals surface area contributed by atoms with Gasteiger partial charge in [0.25, 0.3) is 0 Å². The molecule has 1 aromatic rings. The summed E-state index contributed by atoms with van der Waals surface area (Å²) in [6.07, 6.45) is 10.6. The topological polar surface area (TPSA) is 41.1 Å². The Labute approximate surface area is 115 Å². The van der Waals surface area contributed by atoms with Crippen molar-refractivity contribution in [2.24, 2.45) is 5.92 Å². The van der Waals surface area contributed by atoms with Crippen LogP contribution in [-0.4, -0.2) is 29.1 Å². The molecule has 0 saturated heterocycles. The molecule has 0 bridgehead atoms. The van der Waals surface area contributed by atoms with Gasteiger partial charge in [-0.1, -0.05) is 6.42 Å². The lowest BCUT2D eigenvalue weighted by atomic mass is 9.85. The van der Waals surface area contributed by atoms with Gasteiger partial charge in [-0.05, 0) is 38.5 Å². The fourth-order valence-corrected chi connectivity index (χ4v) is 2.54. The maximum Gasteiger partial charge on any atom is 0.147 e. The number of nitrogens with zero attached hydrogens (tertiary/aromatic N) is 3. The van der Waals surface area contributed by atoms with Gasteiger partial charge in [-0.2, -0.15) is 0 Å². The summed E-state index contributed by atoms with van der Waals surface area (Å²) in [5.74, 6) is 1.92. The van der Waals surface area contributed by atoms with Crippen molar-refractivity contribution in [3.63, 3.8) is 0 Å². The molecule has 4 heteroatoms. The summed E-state index contributed by atoms with van der Waals surface area (Å²) in [4.78, 5) is 11.5. The molecule has 0 spiro atoms. The molecule has 0 aromatic carbocycles. The Bertz CT molecular complexity index is 412. The first-order chi connectivity index (χ1) is 9.35. The predicted octanol–water partition coefficient (Wildman–Crippen LogP) is 2.36. The van der Waals surface area contributed by atoms with E-state index in [1.807, 2.05) is 12.4 Å². The number of nitrogens with one attached hydrogen (secondary N) is 1. The Hall–Kier alpha value is -1.16. The average Bonchev–Trinajstić information content (AvgIpc) is 3.20. The molecule has 2 aliphatic carbocycles. The van der Waals surface area contributed by atoms with E-state index >= 15 is 0 Å². The number of rotatable bonds is 7. The highest BCUT2D eigenvalue weighted by Gasteiger charge is 2.22. The van der Waals surface area contributed by atoms with Crippen molar-refractivity contribution in [2.75, 3.05) is 18.0 Å². The van der Waals surface area contributed by atoms with Gasteiger partial charge in [0.15, 0.2) is 0 Å². The molecular formula is C15H24N4. The molecule has 3 rings (SSSR count). The molecule has 0 atom stereocenters. The van der Waals surface area contributed by atoms with Crippen LogP contribution in [0.3, 0.4) is 0 Å². The Morgan fingerprint density at radius 2 is 2.11 bits per heavy atom. The minimum Gasteiger partial charge on any atom is -0.355 e. The highest BCUT2D eigenvalue weighted by molar-refractivity contribution is 5.36. The van der Waals surface area contributed by atoms with E-state index in [0.717, 1.165) is 43.1 Å². The molecule has 0 aliphatic heterocycles. The van der Waals surface area contributed by atoms with Crippen LogP contribution in [0, 0.1) is 5.92 Å². The van der Waals surface area contributed by atoms with Crippen molar-refractivity contribution in [3.05, 3.63) is 18.1 Å². The Balaban J connectivity index is 1.61. The summed E-state index contributed by atoms with van der Waals surface area (Å²) in [7, 11) is 0. The Kier molecular flexibility index (Phi) is 3.97. The van der Waals surface area contributed by atoms with Crippen molar-refractivity contribution >= 4 is 5.82 Å². The lowest BCUT2D eigenvalue weighted by Gasteiger charge is -2.32. The summed E-state index contributed by atoms with van der Waals surface area (Å²) in [5, 5.41) is 3.50. The SMILES string of the molecule is CCN(CC1CCC1)c1cncc(CNC2CC2)n1. The maximum absolute atomic E-state index is 4.76. The molecular weight excluding hydrogens is 236 g/mol. The maximum atomic E-state index is 4.76. The van der Waals surface area contributed by atoms with Crippen LogP contribution < -0.4 is 10.2 Å². The van der Waals surface area contributed by atoms with Gasteiger partial charge in [-0.25, -0.2) is 4.98 Å². The highest BCUT2D eigenvalue weighted by Crippen LogP contribution is 2.28. The van der Waals surface area contributed by atoms with E-state index in [0.29, 0.717) is 0 Å². The molecule has 0 radical (unpaired) electrons. The average molecular weight is 260 g/mol. The van der Waals surface area contributed by atoms with Crippen LogP contribution in [0.1, 0.15) is 44.7 Å². The zero-order valence-electron chi connectivity index (χ0n) is 11.8. The number of hydrogen-bond donors (Lipinski definition) is 1. The van der Waals surface area contributed by atoms with Gasteiger partial charge in [0.1, 0.15) is 5.82 Å². The summed E-state index contributed by atoms with van der Waals surface area (Å²) in [6, 6.07) is 0.725. The molecule has 0 amide bonds.